The number of carbonyl (C=O) groups is 1. The Bertz CT molecular complexity index is 1190. The summed E-state index contributed by atoms with van der Waals surface area (Å²) in [7, 11) is -3.87. The van der Waals surface area contributed by atoms with E-state index in [0.29, 0.717) is 32.0 Å². The highest BCUT2D eigenvalue weighted by Gasteiger charge is 2.19. The highest BCUT2D eigenvalue weighted by atomic mass is 32.2. The first-order valence-corrected chi connectivity index (χ1v) is 11.6. The highest BCUT2D eigenvalue weighted by Crippen LogP contribution is 2.23. The van der Waals surface area contributed by atoms with Crippen molar-refractivity contribution in [3.8, 4) is 11.1 Å². The normalized spacial score (nSPS) is 14.2. The van der Waals surface area contributed by atoms with E-state index in [9.17, 15) is 17.6 Å². The number of carbonyl (C=O) groups excluding carboxylic acids is 1. The van der Waals surface area contributed by atoms with Gasteiger partial charge in [0.15, 0.2) is 0 Å². The monoisotopic (exact) mass is 455 g/mol. The van der Waals surface area contributed by atoms with Gasteiger partial charge in [0, 0.05) is 13.1 Å². The molecule has 0 radical (unpaired) electrons. The summed E-state index contributed by atoms with van der Waals surface area (Å²) in [5, 5.41) is 0. The third-order valence-electron chi connectivity index (χ3n) is 5.08. The lowest BCUT2D eigenvalue weighted by Gasteiger charge is -2.26. The van der Waals surface area contributed by atoms with E-state index < -0.39 is 10.0 Å². The Morgan fingerprint density at radius 1 is 0.969 bits per heavy atom. The number of halogens is 1. The maximum atomic E-state index is 13.1. The second-order valence-corrected chi connectivity index (χ2v) is 9.00. The lowest BCUT2D eigenvalue weighted by molar-refractivity contribution is -0.134. The van der Waals surface area contributed by atoms with Gasteiger partial charge in [-0.15, -0.1) is 0 Å². The van der Waals surface area contributed by atoms with Crippen molar-refractivity contribution in [2.75, 3.05) is 31.0 Å². The van der Waals surface area contributed by atoms with Crippen molar-refractivity contribution < 1.29 is 22.3 Å². The molecule has 1 N–H and O–H groups in total. The quantitative estimate of drug-likeness (QED) is 0.617. The summed E-state index contributed by atoms with van der Waals surface area (Å²) in [6, 6.07) is 17.1. The Kier molecular flexibility index (Phi) is 6.48. The zero-order valence-corrected chi connectivity index (χ0v) is 18.0. The SMILES string of the molecule is O=C(Cc1cccc(NS(=O)(=O)c2ccc(-c3ccc(F)cc3)cc2)n1)N1CCOCC1. The van der Waals surface area contributed by atoms with Gasteiger partial charge in [-0.3, -0.25) is 9.52 Å². The van der Waals surface area contributed by atoms with Crippen LogP contribution in [-0.4, -0.2) is 50.5 Å². The number of hydrogen-bond donors (Lipinski definition) is 1. The number of benzene rings is 2. The molecule has 0 atom stereocenters. The highest BCUT2D eigenvalue weighted by molar-refractivity contribution is 7.92. The summed E-state index contributed by atoms with van der Waals surface area (Å²) in [4.78, 5) is 18.5. The number of nitrogens with one attached hydrogen (secondary N) is 1. The third kappa shape index (κ3) is 5.30. The Morgan fingerprint density at radius 2 is 1.59 bits per heavy atom. The fourth-order valence-electron chi connectivity index (χ4n) is 3.38. The van der Waals surface area contributed by atoms with Gasteiger partial charge in [-0.1, -0.05) is 30.3 Å². The first-order valence-electron chi connectivity index (χ1n) is 10.1. The minimum atomic E-state index is -3.87. The zero-order chi connectivity index (χ0) is 22.6. The molecule has 3 aromatic rings. The van der Waals surface area contributed by atoms with Gasteiger partial charge in [0.2, 0.25) is 5.91 Å². The van der Waals surface area contributed by atoms with Gasteiger partial charge in [0.05, 0.1) is 30.2 Å². The van der Waals surface area contributed by atoms with Crippen LogP contribution in [-0.2, 0) is 26.0 Å². The van der Waals surface area contributed by atoms with Crippen molar-refractivity contribution in [2.24, 2.45) is 0 Å². The van der Waals surface area contributed by atoms with E-state index in [1.54, 1.807) is 41.3 Å². The number of rotatable bonds is 6. The number of aromatic nitrogens is 1. The summed E-state index contributed by atoms with van der Waals surface area (Å²) < 4.78 is 46.4. The molecule has 1 aliphatic heterocycles. The van der Waals surface area contributed by atoms with E-state index in [-0.39, 0.29) is 28.9 Å². The van der Waals surface area contributed by atoms with E-state index in [4.69, 9.17) is 4.74 Å². The molecule has 1 amide bonds. The number of ether oxygens (including phenoxy) is 1. The van der Waals surface area contributed by atoms with Crippen molar-refractivity contribution in [3.05, 3.63) is 78.2 Å². The van der Waals surface area contributed by atoms with Gasteiger partial charge < -0.3 is 9.64 Å². The van der Waals surface area contributed by atoms with Crippen LogP contribution in [0.4, 0.5) is 10.2 Å². The fourth-order valence-corrected chi connectivity index (χ4v) is 4.38. The Labute approximate surface area is 185 Å². The van der Waals surface area contributed by atoms with Crippen LogP contribution in [0.3, 0.4) is 0 Å². The molecular formula is C23H22FN3O4S. The van der Waals surface area contributed by atoms with Gasteiger partial charge in [0.25, 0.3) is 10.0 Å². The molecule has 7 nitrogen and oxygen atoms in total. The summed E-state index contributed by atoms with van der Waals surface area (Å²) in [5.41, 5.74) is 2.03. The van der Waals surface area contributed by atoms with E-state index >= 15 is 0 Å². The van der Waals surface area contributed by atoms with Gasteiger partial charge in [-0.05, 0) is 47.5 Å². The average molecular weight is 456 g/mol. The van der Waals surface area contributed by atoms with Crippen LogP contribution in [0.2, 0.25) is 0 Å². The minimum Gasteiger partial charge on any atom is -0.378 e. The maximum Gasteiger partial charge on any atom is 0.263 e. The van der Waals surface area contributed by atoms with Crippen molar-refractivity contribution in [1.29, 1.82) is 0 Å². The molecule has 2 heterocycles. The van der Waals surface area contributed by atoms with Gasteiger partial charge in [0.1, 0.15) is 11.6 Å². The standard InChI is InChI=1S/C23H22FN3O4S/c24-19-8-4-17(5-9-19)18-6-10-21(11-7-18)32(29,30)26-22-3-1-2-20(25-22)16-23(28)27-12-14-31-15-13-27/h1-11H,12-16H2,(H,25,26). The first kappa shape index (κ1) is 21.9. The van der Waals surface area contributed by atoms with E-state index in [2.05, 4.69) is 9.71 Å². The largest absolute Gasteiger partial charge is 0.378 e. The number of pyridine rings is 1. The summed E-state index contributed by atoms with van der Waals surface area (Å²) in [6.07, 6.45) is 0.0853. The van der Waals surface area contributed by atoms with E-state index in [1.807, 2.05) is 0 Å². The molecule has 0 bridgehead atoms. The van der Waals surface area contributed by atoms with Crippen LogP contribution in [0.15, 0.2) is 71.6 Å². The molecule has 2 aromatic carbocycles. The summed E-state index contributed by atoms with van der Waals surface area (Å²) in [5.74, 6) is -0.268. The predicted molar refractivity (Wildman–Crippen MR) is 118 cm³/mol. The molecule has 1 fully saturated rings. The van der Waals surface area contributed by atoms with Crippen molar-refractivity contribution in [2.45, 2.75) is 11.3 Å². The molecule has 4 rings (SSSR count). The second kappa shape index (κ2) is 9.46. The summed E-state index contributed by atoms with van der Waals surface area (Å²) >= 11 is 0. The zero-order valence-electron chi connectivity index (χ0n) is 17.2. The van der Waals surface area contributed by atoms with E-state index in [0.717, 1.165) is 11.1 Å². The van der Waals surface area contributed by atoms with Crippen LogP contribution in [0.25, 0.3) is 11.1 Å². The molecule has 0 unspecified atom stereocenters. The van der Waals surface area contributed by atoms with Crippen molar-refractivity contribution in [1.82, 2.24) is 9.88 Å². The number of hydrogen-bond acceptors (Lipinski definition) is 5. The van der Waals surface area contributed by atoms with Gasteiger partial charge in [-0.2, -0.15) is 0 Å². The topological polar surface area (TPSA) is 88.6 Å². The van der Waals surface area contributed by atoms with Crippen LogP contribution in [0.5, 0.6) is 0 Å². The molecule has 1 aliphatic rings. The third-order valence-corrected chi connectivity index (χ3v) is 6.45. The summed E-state index contributed by atoms with van der Waals surface area (Å²) in [6.45, 7) is 2.11. The molecule has 0 spiro atoms. The smallest absolute Gasteiger partial charge is 0.263 e. The molecule has 1 aromatic heterocycles. The van der Waals surface area contributed by atoms with Gasteiger partial charge >= 0.3 is 0 Å². The molecule has 32 heavy (non-hydrogen) atoms. The van der Waals surface area contributed by atoms with Crippen LogP contribution in [0.1, 0.15) is 5.69 Å². The number of morpholine rings is 1. The molecular weight excluding hydrogens is 433 g/mol. The average Bonchev–Trinajstić information content (AvgIpc) is 2.80. The first-order chi connectivity index (χ1) is 15.4. The molecule has 0 saturated carbocycles. The number of amides is 1. The molecule has 166 valence electrons. The fraction of sp³-hybridized carbons (Fsp3) is 0.217. The Balaban J connectivity index is 1.45. The lowest BCUT2D eigenvalue weighted by Crippen LogP contribution is -2.41. The number of nitrogens with zero attached hydrogens (tertiary/aromatic N) is 2. The second-order valence-electron chi connectivity index (χ2n) is 7.32. The van der Waals surface area contributed by atoms with Crippen molar-refractivity contribution in [3.63, 3.8) is 0 Å². The predicted octanol–water partition coefficient (Wildman–Crippen LogP) is 3.09. The van der Waals surface area contributed by atoms with Crippen LogP contribution >= 0.6 is 0 Å². The van der Waals surface area contributed by atoms with Crippen LogP contribution in [0, 0.1) is 5.82 Å². The van der Waals surface area contributed by atoms with Crippen LogP contribution < -0.4 is 4.72 Å². The Morgan fingerprint density at radius 3 is 2.25 bits per heavy atom. The lowest BCUT2D eigenvalue weighted by atomic mass is 10.1. The number of anilines is 1. The molecule has 1 saturated heterocycles. The Hall–Kier alpha value is -3.30. The number of sulfonamides is 1. The van der Waals surface area contributed by atoms with E-state index in [1.165, 1.54) is 30.3 Å². The maximum absolute atomic E-state index is 13.1. The van der Waals surface area contributed by atoms with Gasteiger partial charge in [-0.25, -0.2) is 17.8 Å². The van der Waals surface area contributed by atoms with Crippen molar-refractivity contribution >= 4 is 21.7 Å². The molecule has 9 heteroatoms. The molecule has 0 aliphatic carbocycles. The minimum absolute atomic E-state index is 0.0694.